The van der Waals surface area contributed by atoms with Crippen molar-refractivity contribution >= 4 is 34.6 Å². The van der Waals surface area contributed by atoms with Gasteiger partial charge in [-0.15, -0.1) is 0 Å². The zero-order chi connectivity index (χ0) is 20.3. The Bertz CT molecular complexity index is 1030. The van der Waals surface area contributed by atoms with Gasteiger partial charge in [0.05, 0.1) is 11.6 Å². The minimum absolute atomic E-state index is 0.279. The molecule has 0 saturated carbocycles. The van der Waals surface area contributed by atoms with Gasteiger partial charge in [-0.05, 0) is 30.5 Å². The van der Waals surface area contributed by atoms with Crippen LogP contribution in [0.1, 0.15) is 31.2 Å². The third kappa shape index (κ3) is 2.36. The average molecular weight is 392 g/mol. The number of imide groups is 2. The van der Waals surface area contributed by atoms with E-state index in [2.05, 4.69) is 11.0 Å². The molecule has 0 N–H and O–H groups in total. The van der Waals surface area contributed by atoms with Gasteiger partial charge >= 0.3 is 6.03 Å². The van der Waals surface area contributed by atoms with Crippen molar-refractivity contribution in [2.24, 2.45) is 5.41 Å². The summed E-state index contributed by atoms with van der Waals surface area (Å²) in [5, 5.41) is 0.989. The van der Waals surface area contributed by atoms with Gasteiger partial charge in [-0.2, -0.15) is 0 Å². The van der Waals surface area contributed by atoms with Gasteiger partial charge in [0.15, 0.2) is 5.41 Å². The molecule has 2 aromatic rings. The molecular weight excluding hydrogens is 368 g/mol. The van der Waals surface area contributed by atoms with Crippen LogP contribution in [-0.4, -0.2) is 59.3 Å². The van der Waals surface area contributed by atoms with E-state index in [-0.39, 0.29) is 24.3 Å². The van der Waals surface area contributed by atoms with E-state index in [1.165, 1.54) is 14.1 Å². The third-order valence-electron chi connectivity index (χ3n) is 6.79. The molecule has 0 bridgehead atoms. The maximum atomic E-state index is 13.5. The first-order valence-electron chi connectivity index (χ1n) is 10.2. The first-order chi connectivity index (χ1) is 13.9. The Morgan fingerprint density at radius 2 is 1.72 bits per heavy atom. The topological polar surface area (TPSA) is 73.8 Å². The van der Waals surface area contributed by atoms with Crippen LogP contribution in [-0.2, 0) is 16.0 Å². The molecule has 4 amide bonds. The monoisotopic (exact) mass is 392 g/mol. The molecule has 1 atom stereocenters. The Kier molecular flexibility index (Phi) is 3.91. The van der Waals surface area contributed by atoms with Gasteiger partial charge in [0.25, 0.3) is 0 Å². The van der Waals surface area contributed by atoms with Gasteiger partial charge < -0.3 is 4.90 Å². The zero-order valence-electron chi connectivity index (χ0n) is 16.7. The van der Waals surface area contributed by atoms with E-state index < -0.39 is 11.4 Å². The Morgan fingerprint density at radius 3 is 2.48 bits per heavy atom. The lowest BCUT2D eigenvalue weighted by Crippen LogP contribution is -2.71. The van der Waals surface area contributed by atoms with Crippen molar-refractivity contribution in [3.05, 3.63) is 35.9 Å². The van der Waals surface area contributed by atoms with Gasteiger partial charge in [-0.1, -0.05) is 31.0 Å². The van der Waals surface area contributed by atoms with Crippen LogP contribution < -0.4 is 4.90 Å². The lowest BCUT2D eigenvalue weighted by atomic mass is 9.67. The summed E-state index contributed by atoms with van der Waals surface area (Å²) in [5.41, 5.74) is 0.536. The first kappa shape index (κ1) is 18.1. The minimum Gasteiger partial charge on any atom is -0.352 e. The molecule has 1 aromatic heterocycles. The largest absolute Gasteiger partial charge is 0.352 e. The summed E-state index contributed by atoms with van der Waals surface area (Å²) in [6.45, 7) is 0.757. The van der Waals surface area contributed by atoms with Gasteiger partial charge in [-0.25, -0.2) is 9.78 Å². The number of barbiturate groups is 1. The number of carbonyl (C=O) groups excluding carboxylic acids is 3. The normalized spacial score (nSPS) is 24.0. The number of rotatable bonds is 0. The molecule has 1 spiro atoms. The number of hydrogen-bond acceptors (Lipinski definition) is 5. The van der Waals surface area contributed by atoms with Crippen molar-refractivity contribution in [3.8, 4) is 0 Å². The number of aromatic nitrogens is 1. The molecule has 3 aliphatic heterocycles. The molecule has 1 aromatic carbocycles. The van der Waals surface area contributed by atoms with Crippen molar-refractivity contribution in [1.82, 2.24) is 14.8 Å². The van der Waals surface area contributed by atoms with E-state index in [1.807, 2.05) is 24.3 Å². The lowest BCUT2D eigenvalue weighted by Gasteiger charge is -2.52. The third-order valence-corrected chi connectivity index (χ3v) is 6.79. The minimum atomic E-state index is -1.28. The van der Waals surface area contributed by atoms with Crippen LogP contribution in [0.4, 0.5) is 10.6 Å². The molecule has 3 aliphatic rings. The number of urea groups is 1. The molecule has 7 nitrogen and oxygen atoms in total. The SMILES string of the molecule is CN1C(=O)N(C)C(=O)C2(Cc3cc4ccccc4nc3N3CCCCC[C@H]32)C1=O. The van der Waals surface area contributed by atoms with Crippen molar-refractivity contribution < 1.29 is 14.4 Å². The highest BCUT2D eigenvalue weighted by molar-refractivity contribution is 6.20. The quantitative estimate of drug-likeness (QED) is 0.645. The Labute approximate surface area is 169 Å². The van der Waals surface area contributed by atoms with Crippen LogP contribution in [0, 0.1) is 5.41 Å². The first-order valence-corrected chi connectivity index (χ1v) is 10.2. The van der Waals surface area contributed by atoms with Crippen LogP contribution in [0.3, 0.4) is 0 Å². The van der Waals surface area contributed by atoms with Crippen LogP contribution in [0.2, 0.25) is 0 Å². The number of anilines is 1. The zero-order valence-corrected chi connectivity index (χ0v) is 16.7. The molecule has 0 radical (unpaired) electrons. The summed E-state index contributed by atoms with van der Waals surface area (Å²) in [7, 11) is 2.95. The molecule has 4 heterocycles. The number of nitrogens with zero attached hydrogens (tertiary/aromatic N) is 4. The fourth-order valence-corrected chi connectivity index (χ4v) is 5.35. The summed E-state index contributed by atoms with van der Waals surface area (Å²) in [4.78, 5) is 48.8. The predicted octanol–water partition coefficient (Wildman–Crippen LogP) is 2.58. The highest BCUT2D eigenvalue weighted by Gasteiger charge is 2.63. The van der Waals surface area contributed by atoms with Gasteiger partial charge in [0.2, 0.25) is 11.8 Å². The predicted molar refractivity (Wildman–Crippen MR) is 108 cm³/mol. The van der Waals surface area contributed by atoms with Crippen molar-refractivity contribution in [1.29, 1.82) is 0 Å². The summed E-state index contributed by atoms with van der Waals surface area (Å²) in [6.07, 6.45) is 4.02. The van der Waals surface area contributed by atoms with Crippen LogP contribution in [0.15, 0.2) is 30.3 Å². The standard InChI is InChI=1S/C22H24N4O3/c1-24-19(27)22(20(28)25(2)21(24)29)13-15-12-14-8-5-6-9-16(14)23-18(15)26-11-7-3-4-10-17(22)26/h5-6,8-9,12,17H,3-4,7,10-11,13H2,1-2H3/t17-/m0/s1. The fourth-order valence-electron chi connectivity index (χ4n) is 5.35. The van der Waals surface area contributed by atoms with E-state index in [9.17, 15) is 14.4 Å². The number of para-hydroxylation sites is 1. The van der Waals surface area contributed by atoms with Crippen LogP contribution in [0.25, 0.3) is 10.9 Å². The van der Waals surface area contributed by atoms with Crippen molar-refractivity contribution in [2.45, 2.75) is 38.1 Å². The summed E-state index contributed by atoms with van der Waals surface area (Å²) in [5.74, 6) is 0.103. The molecule has 0 aliphatic carbocycles. The van der Waals surface area contributed by atoms with Gasteiger partial charge in [0.1, 0.15) is 5.82 Å². The van der Waals surface area contributed by atoms with Crippen LogP contribution >= 0.6 is 0 Å². The summed E-state index contributed by atoms with van der Waals surface area (Å²) >= 11 is 0. The highest BCUT2D eigenvalue weighted by Crippen LogP contribution is 2.48. The summed E-state index contributed by atoms with van der Waals surface area (Å²) in [6, 6.07) is 9.12. The van der Waals surface area contributed by atoms with Crippen molar-refractivity contribution in [2.75, 3.05) is 25.5 Å². The number of amides is 4. The number of benzene rings is 1. The van der Waals surface area contributed by atoms with Gasteiger partial charge in [-0.3, -0.25) is 19.4 Å². The van der Waals surface area contributed by atoms with Crippen LogP contribution in [0.5, 0.6) is 0 Å². The van der Waals surface area contributed by atoms with E-state index in [1.54, 1.807) is 0 Å². The molecule has 5 rings (SSSR count). The fraction of sp³-hybridized carbons (Fsp3) is 0.455. The maximum Gasteiger partial charge on any atom is 0.332 e. The van der Waals surface area contributed by atoms with E-state index >= 15 is 0 Å². The molecule has 0 unspecified atom stereocenters. The molecule has 150 valence electrons. The molecular formula is C22H24N4O3. The van der Waals surface area contributed by atoms with Gasteiger partial charge in [0, 0.05) is 32.4 Å². The molecule has 2 fully saturated rings. The lowest BCUT2D eigenvalue weighted by molar-refractivity contribution is -0.159. The van der Waals surface area contributed by atoms with E-state index in [0.717, 1.165) is 64.3 Å². The Morgan fingerprint density at radius 1 is 1.00 bits per heavy atom. The Hall–Kier alpha value is -2.96. The van der Waals surface area contributed by atoms with Crippen molar-refractivity contribution in [3.63, 3.8) is 0 Å². The average Bonchev–Trinajstić information content (AvgIpc) is 3.00. The molecule has 29 heavy (non-hydrogen) atoms. The number of hydrogen-bond donors (Lipinski definition) is 0. The van der Waals surface area contributed by atoms with E-state index in [4.69, 9.17) is 4.98 Å². The maximum absolute atomic E-state index is 13.5. The second-order valence-corrected chi connectivity index (χ2v) is 8.38. The smallest absolute Gasteiger partial charge is 0.332 e. The highest BCUT2D eigenvalue weighted by atomic mass is 16.2. The summed E-state index contributed by atoms with van der Waals surface area (Å²) < 4.78 is 0. The second kappa shape index (κ2) is 6.27. The number of carbonyl (C=O) groups is 3. The van der Waals surface area contributed by atoms with E-state index in [0.29, 0.717) is 0 Å². The second-order valence-electron chi connectivity index (χ2n) is 8.38. The number of fused-ring (bicyclic) bond motifs is 5. The number of pyridine rings is 1. The molecule has 2 saturated heterocycles. The Balaban J connectivity index is 1.75. The molecule has 7 heteroatoms.